The zero-order valence-corrected chi connectivity index (χ0v) is 9.77. The summed E-state index contributed by atoms with van der Waals surface area (Å²) in [5, 5.41) is 12.4. The summed E-state index contributed by atoms with van der Waals surface area (Å²) in [4.78, 5) is 10.8. The van der Waals surface area contributed by atoms with Crippen LogP contribution in [0.1, 0.15) is 21.7 Å². The van der Waals surface area contributed by atoms with E-state index in [0.29, 0.717) is 12.2 Å². The van der Waals surface area contributed by atoms with Crippen LogP contribution in [0.4, 0.5) is 0 Å². The lowest BCUT2D eigenvalue weighted by Gasteiger charge is -1.99. The zero-order valence-electron chi connectivity index (χ0n) is 8.18. The molecule has 0 saturated carbocycles. The van der Waals surface area contributed by atoms with Gasteiger partial charge >= 0.3 is 5.97 Å². The van der Waals surface area contributed by atoms with Crippen LogP contribution < -0.4 is 0 Å². The van der Waals surface area contributed by atoms with Crippen molar-refractivity contribution in [3.63, 3.8) is 0 Å². The summed E-state index contributed by atoms with van der Waals surface area (Å²) in [5.41, 5.74) is 1.09. The maximum atomic E-state index is 10.8. The first-order valence-corrected chi connectivity index (χ1v) is 5.37. The molecule has 16 heavy (non-hydrogen) atoms. The Balaban J connectivity index is 2.23. The molecule has 1 aromatic carbocycles. The molecule has 2 aromatic rings. The highest BCUT2D eigenvalue weighted by atomic mass is 79.9. The van der Waals surface area contributed by atoms with Crippen molar-refractivity contribution in [2.24, 2.45) is 0 Å². The van der Waals surface area contributed by atoms with Gasteiger partial charge in [0, 0.05) is 10.9 Å². The van der Waals surface area contributed by atoms with Crippen LogP contribution in [0, 0.1) is 0 Å². The third-order valence-electron chi connectivity index (χ3n) is 2.15. The molecule has 0 saturated heterocycles. The first-order chi connectivity index (χ1) is 7.66. The van der Waals surface area contributed by atoms with Crippen LogP contribution in [-0.4, -0.2) is 16.2 Å². The topological polar surface area (TPSA) is 63.3 Å². The van der Waals surface area contributed by atoms with Gasteiger partial charge in [-0.25, -0.2) is 4.79 Å². The Labute approximate surface area is 100 Å². The molecule has 4 nitrogen and oxygen atoms in total. The van der Waals surface area contributed by atoms with Gasteiger partial charge in [0.25, 0.3) is 0 Å². The van der Waals surface area contributed by atoms with Crippen LogP contribution in [0.15, 0.2) is 39.5 Å². The van der Waals surface area contributed by atoms with Crippen molar-refractivity contribution in [3.8, 4) is 0 Å². The summed E-state index contributed by atoms with van der Waals surface area (Å²) in [6.45, 7) is 0. The van der Waals surface area contributed by atoms with Gasteiger partial charge in [-0.1, -0.05) is 33.2 Å². The summed E-state index contributed by atoms with van der Waals surface area (Å²) in [5.74, 6) is -0.650. The van der Waals surface area contributed by atoms with Crippen molar-refractivity contribution >= 4 is 21.9 Å². The zero-order chi connectivity index (χ0) is 11.5. The average molecular weight is 282 g/mol. The number of hydrogen-bond acceptors (Lipinski definition) is 3. The Hall–Kier alpha value is -1.62. The molecule has 82 valence electrons. The highest BCUT2D eigenvalue weighted by Gasteiger charge is 2.14. The van der Waals surface area contributed by atoms with E-state index in [1.165, 1.54) is 6.20 Å². The Bertz CT molecular complexity index is 504. The molecular weight excluding hydrogens is 274 g/mol. The summed E-state index contributed by atoms with van der Waals surface area (Å²) < 4.78 is 5.90. The van der Waals surface area contributed by atoms with E-state index in [9.17, 15) is 4.79 Å². The van der Waals surface area contributed by atoms with Crippen molar-refractivity contribution in [3.05, 3.63) is 51.8 Å². The van der Waals surface area contributed by atoms with Gasteiger partial charge < -0.3 is 9.63 Å². The van der Waals surface area contributed by atoms with E-state index in [0.717, 1.165) is 10.0 Å². The molecule has 0 aliphatic carbocycles. The van der Waals surface area contributed by atoms with Gasteiger partial charge in [0.2, 0.25) is 0 Å². The molecule has 0 radical (unpaired) electrons. The predicted octanol–water partition coefficient (Wildman–Crippen LogP) is 2.73. The third-order valence-corrected chi connectivity index (χ3v) is 2.68. The lowest BCUT2D eigenvalue weighted by atomic mass is 10.1. The molecule has 0 amide bonds. The SMILES string of the molecule is O=C(O)c1cnoc1Cc1ccc(Br)cc1. The maximum Gasteiger partial charge on any atom is 0.340 e. The van der Waals surface area contributed by atoms with Crippen LogP contribution in [0.3, 0.4) is 0 Å². The maximum absolute atomic E-state index is 10.8. The Kier molecular flexibility index (Phi) is 3.05. The number of carboxylic acid groups (broad SMARTS) is 1. The molecule has 5 heteroatoms. The third kappa shape index (κ3) is 2.30. The lowest BCUT2D eigenvalue weighted by Crippen LogP contribution is -1.99. The summed E-state index contributed by atoms with van der Waals surface area (Å²) in [6, 6.07) is 7.59. The number of halogens is 1. The number of nitrogens with zero attached hydrogens (tertiary/aromatic N) is 1. The molecule has 0 spiro atoms. The standard InChI is InChI=1S/C11H8BrNO3/c12-8-3-1-7(2-4-8)5-10-9(11(14)15)6-13-16-10/h1-4,6H,5H2,(H,14,15). The predicted molar refractivity (Wildman–Crippen MR) is 60.4 cm³/mol. The van der Waals surface area contributed by atoms with Gasteiger partial charge in [-0.05, 0) is 17.7 Å². The Morgan fingerprint density at radius 1 is 1.38 bits per heavy atom. The van der Waals surface area contributed by atoms with E-state index in [4.69, 9.17) is 9.63 Å². The summed E-state index contributed by atoms with van der Waals surface area (Å²) >= 11 is 3.33. The lowest BCUT2D eigenvalue weighted by molar-refractivity contribution is 0.0694. The number of carboxylic acids is 1. The normalized spacial score (nSPS) is 10.3. The quantitative estimate of drug-likeness (QED) is 0.940. The van der Waals surface area contributed by atoms with Gasteiger partial charge in [0.1, 0.15) is 5.56 Å². The van der Waals surface area contributed by atoms with E-state index >= 15 is 0 Å². The first kappa shape index (κ1) is 10.9. The van der Waals surface area contributed by atoms with E-state index in [1.807, 2.05) is 24.3 Å². The number of carbonyl (C=O) groups is 1. The van der Waals surface area contributed by atoms with Crippen LogP contribution in [-0.2, 0) is 6.42 Å². The Morgan fingerprint density at radius 2 is 2.06 bits per heavy atom. The molecule has 0 bridgehead atoms. The van der Waals surface area contributed by atoms with Crippen molar-refractivity contribution in [2.75, 3.05) is 0 Å². The van der Waals surface area contributed by atoms with Gasteiger partial charge in [0.15, 0.2) is 5.76 Å². The highest BCUT2D eigenvalue weighted by Crippen LogP contribution is 2.16. The average Bonchev–Trinajstić information content (AvgIpc) is 2.69. The van der Waals surface area contributed by atoms with Crippen LogP contribution in [0.2, 0.25) is 0 Å². The molecule has 0 fully saturated rings. The van der Waals surface area contributed by atoms with Gasteiger partial charge in [0.05, 0.1) is 6.20 Å². The number of hydrogen-bond donors (Lipinski definition) is 1. The summed E-state index contributed by atoms with van der Waals surface area (Å²) in [6.07, 6.45) is 1.64. The molecule has 1 N–H and O–H groups in total. The van der Waals surface area contributed by atoms with E-state index < -0.39 is 5.97 Å². The van der Waals surface area contributed by atoms with Crippen LogP contribution >= 0.6 is 15.9 Å². The van der Waals surface area contributed by atoms with Crippen molar-refractivity contribution in [1.82, 2.24) is 5.16 Å². The second kappa shape index (κ2) is 4.49. The minimum absolute atomic E-state index is 0.114. The fourth-order valence-electron chi connectivity index (χ4n) is 1.35. The van der Waals surface area contributed by atoms with Crippen molar-refractivity contribution in [2.45, 2.75) is 6.42 Å². The molecule has 0 aliphatic heterocycles. The van der Waals surface area contributed by atoms with Crippen molar-refractivity contribution in [1.29, 1.82) is 0 Å². The monoisotopic (exact) mass is 281 g/mol. The molecular formula is C11H8BrNO3. The second-order valence-corrected chi connectivity index (χ2v) is 4.19. The molecule has 0 atom stereocenters. The van der Waals surface area contributed by atoms with Crippen molar-refractivity contribution < 1.29 is 14.4 Å². The fraction of sp³-hybridized carbons (Fsp3) is 0.0909. The Morgan fingerprint density at radius 3 is 2.69 bits per heavy atom. The second-order valence-electron chi connectivity index (χ2n) is 3.27. The fourth-order valence-corrected chi connectivity index (χ4v) is 1.62. The molecule has 0 unspecified atom stereocenters. The minimum Gasteiger partial charge on any atom is -0.478 e. The number of rotatable bonds is 3. The largest absolute Gasteiger partial charge is 0.478 e. The van der Waals surface area contributed by atoms with Gasteiger partial charge in [-0.15, -0.1) is 0 Å². The molecule has 2 rings (SSSR count). The van der Waals surface area contributed by atoms with E-state index in [-0.39, 0.29) is 5.56 Å². The van der Waals surface area contributed by atoms with E-state index in [1.54, 1.807) is 0 Å². The summed E-state index contributed by atoms with van der Waals surface area (Å²) in [7, 11) is 0. The molecule has 1 aromatic heterocycles. The number of aromatic nitrogens is 1. The molecule has 0 aliphatic rings. The minimum atomic E-state index is -1.02. The highest BCUT2D eigenvalue weighted by molar-refractivity contribution is 9.10. The number of aromatic carboxylic acids is 1. The smallest absolute Gasteiger partial charge is 0.340 e. The molecule has 1 heterocycles. The van der Waals surface area contributed by atoms with Crippen LogP contribution in [0.25, 0.3) is 0 Å². The van der Waals surface area contributed by atoms with Crippen LogP contribution in [0.5, 0.6) is 0 Å². The number of benzene rings is 1. The van der Waals surface area contributed by atoms with E-state index in [2.05, 4.69) is 21.1 Å². The first-order valence-electron chi connectivity index (χ1n) is 4.58. The van der Waals surface area contributed by atoms with Gasteiger partial charge in [-0.2, -0.15) is 0 Å². The van der Waals surface area contributed by atoms with Gasteiger partial charge in [-0.3, -0.25) is 0 Å².